The number of nitrogens with one attached hydrogen (secondary N) is 1. The number of carbonyl (C=O) groups is 1. The lowest BCUT2D eigenvalue weighted by atomic mass is 9.97. The Morgan fingerprint density at radius 2 is 2.12 bits per heavy atom. The van der Waals surface area contributed by atoms with Gasteiger partial charge < -0.3 is 15.8 Å². The molecule has 24 heavy (non-hydrogen) atoms. The van der Waals surface area contributed by atoms with Crippen molar-refractivity contribution in [1.82, 2.24) is 4.90 Å². The fourth-order valence-electron chi connectivity index (χ4n) is 3.38. The Morgan fingerprint density at radius 1 is 1.29 bits per heavy atom. The van der Waals surface area contributed by atoms with Gasteiger partial charge in [-0.3, -0.25) is 9.69 Å². The van der Waals surface area contributed by atoms with Gasteiger partial charge in [0.25, 0.3) is 0 Å². The number of carbonyl (C=O) groups excluding carboxylic acids is 1. The van der Waals surface area contributed by atoms with E-state index in [-0.39, 0.29) is 17.9 Å². The van der Waals surface area contributed by atoms with E-state index in [0.29, 0.717) is 0 Å². The first kappa shape index (κ1) is 16.8. The second-order valence-corrected chi connectivity index (χ2v) is 6.76. The fraction of sp³-hybridized carbons (Fsp3) is 0.526. The van der Waals surface area contributed by atoms with E-state index < -0.39 is 0 Å². The average molecular weight is 329 g/mol. The van der Waals surface area contributed by atoms with Crippen molar-refractivity contribution < 1.29 is 9.53 Å². The van der Waals surface area contributed by atoms with Crippen LogP contribution in [0.15, 0.2) is 36.6 Å². The van der Waals surface area contributed by atoms with E-state index in [1.807, 2.05) is 0 Å². The number of amides is 1. The van der Waals surface area contributed by atoms with Crippen LogP contribution in [0, 0.1) is 5.92 Å². The Balaban J connectivity index is 1.47. The maximum Gasteiger partial charge on any atom is 0.221 e. The largest absolute Gasteiger partial charge is 0.497 e. The number of ether oxygens (including phenoxy) is 1. The molecule has 2 aliphatic heterocycles. The van der Waals surface area contributed by atoms with Crippen LogP contribution in [0.5, 0.6) is 0 Å². The second-order valence-electron chi connectivity index (χ2n) is 6.76. The van der Waals surface area contributed by atoms with Crippen molar-refractivity contribution >= 4 is 11.6 Å². The molecule has 3 rings (SSSR count). The monoisotopic (exact) mass is 329 g/mol. The minimum atomic E-state index is -0.168. The highest BCUT2D eigenvalue weighted by Gasteiger charge is 2.23. The molecule has 1 fully saturated rings. The zero-order chi connectivity index (χ0) is 16.8. The number of piperidine rings is 1. The van der Waals surface area contributed by atoms with Crippen LogP contribution in [0.3, 0.4) is 0 Å². The number of hydrogen-bond acceptors (Lipinski definition) is 4. The Hall–Kier alpha value is -2.01. The van der Waals surface area contributed by atoms with Gasteiger partial charge in [-0.1, -0.05) is 12.1 Å². The molecule has 2 unspecified atom stereocenters. The molecule has 2 heterocycles. The minimum absolute atomic E-state index is 0.00392. The molecule has 0 radical (unpaired) electrons. The first-order valence-electron chi connectivity index (χ1n) is 8.85. The van der Waals surface area contributed by atoms with Gasteiger partial charge in [-0.2, -0.15) is 0 Å². The predicted molar refractivity (Wildman–Crippen MR) is 95.4 cm³/mol. The number of primary amides is 1. The summed E-state index contributed by atoms with van der Waals surface area (Å²) >= 11 is 0. The number of likely N-dealkylation sites (tertiary alicyclic amines) is 1. The van der Waals surface area contributed by atoms with Gasteiger partial charge in [0.05, 0.1) is 18.7 Å². The molecule has 5 nitrogen and oxygen atoms in total. The van der Waals surface area contributed by atoms with Crippen LogP contribution in [-0.4, -0.2) is 36.5 Å². The van der Waals surface area contributed by atoms with E-state index in [0.717, 1.165) is 57.5 Å². The smallest absolute Gasteiger partial charge is 0.221 e. The molecule has 0 bridgehead atoms. The van der Waals surface area contributed by atoms with E-state index >= 15 is 0 Å². The van der Waals surface area contributed by atoms with Gasteiger partial charge in [-0.25, -0.2) is 0 Å². The highest BCUT2D eigenvalue weighted by Crippen LogP contribution is 2.19. The molecular formula is C19H27N3O2. The molecule has 1 saturated heterocycles. The van der Waals surface area contributed by atoms with Gasteiger partial charge in [0.2, 0.25) is 5.91 Å². The van der Waals surface area contributed by atoms with Crippen LogP contribution in [0.2, 0.25) is 0 Å². The summed E-state index contributed by atoms with van der Waals surface area (Å²) in [6.45, 7) is 3.52. The predicted octanol–water partition coefficient (Wildman–Crippen LogP) is 2.49. The third-order valence-electron chi connectivity index (χ3n) is 4.82. The molecule has 130 valence electrons. The molecule has 0 aromatic heterocycles. The number of nitrogens with two attached hydrogens (primary N) is 1. The molecule has 3 N–H and O–H groups in total. The maximum absolute atomic E-state index is 11.4. The number of benzene rings is 1. The number of anilines is 1. The summed E-state index contributed by atoms with van der Waals surface area (Å²) in [6.07, 6.45) is 8.25. The third kappa shape index (κ3) is 4.74. The molecule has 1 amide bonds. The molecule has 1 aromatic carbocycles. The molecule has 2 aliphatic rings. The fourth-order valence-corrected chi connectivity index (χ4v) is 3.38. The zero-order valence-electron chi connectivity index (χ0n) is 14.1. The molecule has 5 heteroatoms. The molecular weight excluding hydrogens is 302 g/mol. The van der Waals surface area contributed by atoms with Crippen molar-refractivity contribution in [3.05, 3.63) is 42.2 Å². The van der Waals surface area contributed by atoms with Gasteiger partial charge in [0, 0.05) is 18.8 Å². The quantitative estimate of drug-likeness (QED) is 0.841. The van der Waals surface area contributed by atoms with Gasteiger partial charge in [-0.15, -0.1) is 0 Å². The number of hydrogen-bond donors (Lipinski definition) is 2. The summed E-state index contributed by atoms with van der Waals surface area (Å²) in [5.41, 5.74) is 7.83. The topological polar surface area (TPSA) is 67.6 Å². The molecule has 0 spiro atoms. The van der Waals surface area contributed by atoms with Crippen molar-refractivity contribution in [3.63, 3.8) is 0 Å². The summed E-state index contributed by atoms with van der Waals surface area (Å²) in [7, 11) is 0. The Kier molecular flexibility index (Phi) is 5.75. The number of allylic oxidation sites excluding steroid dienone is 1. The Morgan fingerprint density at radius 3 is 2.83 bits per heavy atom. The Labute approximate surface area is 143 Å². The van der Waals surface area contributed by atoms with Crippen LogP contribution in [0.4, 0.5) is 5.69 Å². The van der Waals surface area contributed by atoms with Crippen molar-refractivity contribution in [2.45, 2.75) is 38.3 Å². The van der Waals surface area contributed by atoms with Gasteiger partial charge in [-0.05, 0) is 56.0 Å². The standard InChI is InChI=1S/C19H27N3O2/c20-19(23)16-4-3-10-22(14-16)13-15-6-8-17(9-7-15)21-12-18-5-1-2-11-24-18/h2,6-9,11,16,18,21H,1,3-5,10,12-14H2,(H2,20,23). The lowest BCUT2D eigenvalue weighted by Crippen LogP contribution is -2.40. The first-order chi connectivity index (χ1) is 11.7. The van der Waals surface area contributed by atoms with E-state index in [1.54, 1.807) is 6.26 Å². The van der Waals surface area contributed by atoms with Crippen LogP contribution >= 0.6 is 0 Å². The van der Waals surface area contributed by atoms with Crippen LogP contribution in [0.1, 0.15) is 31.2 Å². The van der Waals surface area contributed by atoms with E-state index in [4.69, 9.17) is 10.5 Å². The van der Waals surface area contributed by atoms with Crippen LogP contribution in [-0.2, 0) is 16.1 Å². The zero-order valence-corrected chi connectivity index (χ0v) is 14.1. The highest BCUT2D eigenvalue weighted by molar-refractivity contribution is 5.76. The van der Waals surface area contributed by atoms with Crippen molar-refractivity contribution in [2.24, 2.45) is 11.7 Å². The van der Waals surface area contributed by atoms with Crippen LogP contribution < -0.4 is 11.1 Å². The lowest BCUT2D eigenvalue weighted by molar-refractivity contribution is -0.123. The third-order valence-corrected chi connectivity index (χ3v) is 4.82. The maximum atomic E-state index is 11.4. The molecule has 2 atom stereocenters. The van der Waals surface area contributed by atoms with Gasteiger partial charge in [0.15, 0.2) is 0 Å². The van der Waals surface area contributed by atoms with Gasteiger partial charge >= 0.3 is 0 Å². The Bertz CT molecular complexity index is 570. The van der Waals surface area contributed by atoms with Crippen LogP contribution in [0.25, 0.3) is 0 Å². The van der Waals surface area contributed by atoms with E-state index in [2.05, 4.69) is 40.6 Å². The summed E-state index contributed by atoms with van der Waals surface area (Å²) in [4.78, 5) is 13.7. The van der Waals surface area contributed by atoms with Crippen molar-refractivity contribution in [2.75, 3.05) is 25.0 Å². The average Bonchev–Trinajstić information content (AvgIpc) is 2.62. The van der Waals surface area contributed by atoms with E-state index in [1.165, 1.54) is 5.56 Å². The number of nitrogens with zero attached hydrogens (tertiary/aromatic N) is 1. The van der Waals surface area contributed by atoms with Crippen molar-refractivity contribution in [3.8, 4) is 0 Å². The number of rotatable bonds is 6. The lowest BCUT2D eigenvalue weighted by Gasteiger charge is -2.31. The first-order valence-corrected chi connectivity index (χ1v) is 8.85. The van der Waals surface area contributed by atoms with Crippen molar-refractivity contribution in [1.29, 1.82) is 0 Å². The SMILES string of the molecule is NC(=O)C1CCCN(Cc2ccc(NCC3CCC=CO3)cc2)C1. The summed E-state index contributed by atoms with van der Waals surface area (Å²) in [6, 6.07) is 8.53. The minimum Gasteiger partial charge on any atom is -0.497 e. The summed E-state index contributed by atoms with van der Waals surface area (Å²) in [5, 5.41) is 3.43. The molecule has 1 aromatic rings. The second kappa shape index (κ2) is 8.20. The normalized spacial score (nSPS) is 24.3. The molecule has 0 aliphatic carbocycles. The summed E-state index contributed by atoms with van der Waals surface area (Å²) < 4.78 is 5.57. The summed E-state index contributed by atoms with van der Waals surface area (Å²) in [5.74, 6) is -0.164. The van der Waals surface area contributed by atoms with E-state index in [9.17, 15) is 4.79 Å². The molecule has 0 saturated carbocycles. The highest BCUT2D eigenvalue weighted by atomic mass is 16.5. The van der Waals surface area contributed by atoms with Gasteiger partial charge in [0.1, 0.15) is 6.10 Å².